The molecular weight excluding hydrogens is 417 g/mol. The van der Waals surface area contributed by atoms with Gasteiger partial charge in [0.25, 0.3) is 0 Å². The number of hydrogen-bond acceptors (Lipinski definition) is 3. The normalized spacial score (nSPS) is 27.5. The van der Waals surface area contributed by atoms with Crippen LogP contribution in [-0.4, -0.2) is 29.2 Å². The van der Waals surface area contributed by atoms with Crippen LogP contribution in [0.25, 0.3) is 0 Å². The summed E-state index contributed by atoms with van der Waals surface area (Å²) in [7, 11) is 0. The smallest absolute Gasteiger partial charge is 0.161 e. The van der Waals surface area contributed by atoms with E-state index < -0.39 is 0 Å². The van der Waals surface area contributed by atoms with E-state index in [2.05, 4.69) is 13.0 Å². The lowest BCUT2D eigenvalue weighted by Gasteiger charge is -2.47. The number of rotatable bonds is 16. The molecule has 0 aromatic rings. The van der Waals surface area contributed by atoms with Crippen molar-refractivity contribution in [2.24, 2.45) is 17.8 Å². The molecule has 0 amide bonds. The van der Waals surface area contributed by atoms with Crippen LogP contribution in [0.3, 0.4) is 0 Å². The molecular formula is C25H41Cl2NO2. The number of carbonyl (C=O) groups is 1. The second-order valence-electron chi connectivity index (χ2n) is 9.45. The van der Waals surface area contributed by atoms with Gasteiger partial charge in [-0.3, -0.25) is 4.79 Å². The quantitative estimate of drug-likeness (QED) is 0.179. The molecule has 2 bridgehead atoms. The Kier molecular flexibility index (Phi) is 12.7. The van der Waals surface area contributed by atoms with E-state index in [1.165, 1.54) is 38.5 Å². The Morgan fingerprint density at radius 3 is 2.33 bits per heavy atom. The maximum atomic E-state index is 12.7. The fourth-order valence-corrected chi connectivity index (χ4v) is 5.74. The second kappa shape index (κ2) is 14.7. The molecule has 172 valence electrons. The Morgan fingerprint density at radius 2 is 1.73 bits per heavy atom. The lowest BCUT2D eigenvalue weighted by Crippen LogP contribution is -2.52. The molecule has 2 aliphatic heterocycles. The van der Waals surface area contributed by atoms with Crippen LogP contribution in [0.4, 0.5) is 0 Å². The highest BCUT2D eigenvalue weighted by molar-refractivity contribution is 6.28. The summed E-state index contributed by atoms with van der Waals surface area (Å²) in [5.41, 5.74) is 0. The van der Waals surface area contributed by atoms with Gasteiger partial charge in [-0.2, -0.15) is 5.26 Å². The molecule has 0 aromatic heterocycles. The monoisotopic (exact) mass is 457 g/mol. The molecule has 1 saturated carbocycles. The minimum atomic E-state index is -0.237. The third-order valence-electron chi connectivity index (χ3n) is 7.12. The molecule has 3 rings (SSSR count). The predicted molar refractivity (Wildman–Crippen MR) is 125 cm³/mol. The zero-order valence-electron chi connectivity index (χ0n) is 18.8. The van der Waals surface area contributed by atoms with Crippen molar-refractivity contribution in [1.29, 1.82) is 5.26 Å². The van der Waals surface area contributed by atoms with E-state index in [4.69, 9.17) is 27.9 Å². The molecule has 0 spiro atoms. The van der Waals surface area contributed by atoms with E-state index >= 15 is 0 Å². The van der Waals surface area contributed by atoms with E-state index in [-0.39, 0.29) is 35.2 Å². The predicted octanol–water partition coefficient (Wildman–Crippen LogP) is 7.43. The van der Waals surface area contributed by atoms with Crippen LogP contribution in [-0.2, 0) is 9.53 Å². The van der Waals surface area contributed by atoms with E-state index in [0.29, 0.717) is 18.2 Å². The first kappa shape index (κ1) is 26.0. The van der Waals surface area contributed by atoms with Crippen molar-refractivity contribution in [1.82, 2.24) is 0 Å². The van der Waals surface area contributed by atoms with Crippen molar-refractivity contribution in [2.75, 3.05) is 5.88 Å². The van der Waals surface area contributed by atoms with Gasteiger partial charge in [-0.15, -0.1) is 23.2 Å². The van der Waals surface area contributed by atoms with Crippen molar-refractivity contribution in [2.45, 2.75) is 121 Å². The van der Waals surface area contributed by atoms with Gasteiger partial charge in [0.1, 0.15) is 6.10 Å². The number of hydrogen-bond donors (Lipinski definition) is 0. The fourth-order valence-electron chi connectivity index (χ4n) is 5.24. The molecule has 3 aliphatic rings. The van der Waals surface area contributed by atoms with Crippen LogP contribution in [0.5, 0.6) is 0 Å². The summed E-state index contributed by atoms with van der Waals surface area (Å²) in [4.78, 5) is 12.7. The van der Waals surface area contributed by atoms with Gasteiger partial charge >= 0.3 is 0 Å². The number of alkyl halides is 2. The second-order valence-corrected chi connectivity index (χ2v) is 10.3. The Balaban J connectivity index is 1.58. The molecule has 0 aromatic carbocycles. The maximum Gasteiger partial charge on any atom is 0.161 e. The highest BCUT2D eigenvalue weighted by Crippen LogP contribution is 2.44. The largest absolute Gasteiger partial charge is 0.367 e. The zero-order valence-corrected chi connectivity index (χ0v) is 20.3. The average Bonchev–Trinajstić information content (AvgIpc) is 2.79. The molecule has 3 fully saturated rings. The summed E-state index contributed by atoms with van der Waals surface area (Å²) in [6.07, 6.45) is 16.2. The van der Waals surface area contributed by atoms with Crippen LogP contribution < -0.4 is 0 Å². The number of ether oxygens (including phenoxy) is 1. The third kappa shape index (κ3) is 8.33. The molecule has 2 heterocycles. The number of fused-ring (bicyclic) bond motifs is 3. The van der Waals surface area contributed by atoms with Crippen molar-refractivity contribution < 1.29 is 9.53 Å². The van der Waals surface area contributed by atoms with Crippen molar-refractivity contribution in [3.8, 4) is 6.07 Å². The van der Waals surface area contributed by atoms with Gasteiger partial charge in [-0.1, -0.05) is 58.3 Å². The Labute approximate surface area is 194 Å². The van der Waals surface area contributed by atoms with E-state index in [1.54, 1.807) is 0 Å². The zero-order chi connectivity index (χ0) is 21.8. The number of carbonyl (C=O) groups excluding carboxylic acids is 1. The molecule has 5 heteroatoms. The van der Waals surface area contributed by atoms with Crippen LogP contribution >= 0.6 is 23.2 Å². The number of nitrogens with zero attached hydrogens (tertiary/aromatic N) is 1. The van der Waals surface area contributed by atoms with Gasteiger partial charge in [0.15, 0.2) is 5.78 Å². The van der Waals surface area contributed by atoms with Gasteiger partial charge in [0.2, 0.25) is 0 Å². The summed E-state index contributed by atoms with van der Waals surface area (Å²) in [5.74, 6) is 1.43. The number of Topliss-reactive ketones (excluding diaryl/α,β-unsaturated/α-hetero) is 1. The number of nitriles is 1. The van der Waals surface area contributed by atoms with Crippen molar-refractivity contribution in [3.05, 3.63) is 0 Å². The fraction of sp³-hybridized carbons (Fsp3) is 0.920. The summed E-state index contributed by atoms with van der Waals surface area (Å²) in [6.45, 7) is 2.24. The molecule has 1 aliphatic carbocycles. The van der Waals surface area contributed by atoms with Gasteiger partial charge < -0.3 is 4.74 Å². The highest BCUT2D eigenvalue weighted by atomic mass is 35.5. The minimum Gasteiger partial charge on any atom is -0.367 e. The molecule has 3 nitrogen and oxygen atoms in total. The Morgan fingerprint density at radius 1 is 1.07 bits per heavy atom. The Bertz CT molecular complexity index is 536. The van der Waals surface area contributed by atoms with E-state index in [1.807, 2.05) is 0 Å². The summed E-state index contributed by atoms with van der Waals surface area (Å²) >= 11 is 12.3. The topological polar surface area (TPSA) is 50.1 Å². The van der Waals surface area contributed by atoms with Gasteiger partial charge in [-0.05, 0) is 44.4 Å². The first-order valence-corrected chi connectivity index (χ1v) is 13.4. The molecule has 0 N–H and O–H groups in total. The molecule has 0 radical (unpaired) electrons. The first-order chi connectivity index (χ1) is 14.6. The number of ketones is 1. The minimum absolute atomic E-state index is 0.0604. The van der Waals surface area contributed by atoms with Crippen LogP contribution in [0, 0.1) is 29.1 Å². The van der Waals surface area contributed by atoms with Gasteiger partial charge in [-0.25, -0.2) is 0 Å². The van der Waals surface area contributed by atoms with Crippen LogP contribution in [0.1, 0.15) is 103 Å². The lowest BCUT2D eigenvalue weighted by molar-refractivity contribution is -0.172. The standard InChI is InChI=1S/C25H41Cl2NO2/c1-2-3-4-5-6-7-8-11-19(18-28)12-9-10-13-23(29)25-20-14-15-24(30-25)21(16-20)22(27)17-26/h19-22,24-25H,2-17H2,1H3. The molecule has 6 unspecified atom stereocenters. The number of unbranched alkanes of at least 4 members (excludes halogenated alkanes) is 7. The molecule has 2 saturated heterocycles. The molecule has 30 heavy (non-hydrogen) atoms. The lowest BCUT2D eigenvalue weighted by atomic mass is 9.71. The third-order valence-corrected chi connectivity index (χ3v) is 8.09. The summed E-state index contributed by atoms with van der Waals surface area (Å²) in [6, 6.07) is 2.47. The molecule has 6 atom stereocenters. The van der Waals surface area contributed by atoms with Crippen molar-refractivity contribution in [3.63, 3.8) is 0 Å². The van der Waals surface area contributed by atoms with Crippen molar-refractivity contribution >= 4 is 29.0 Å². The average molecular weight is 459 g/mol. The summed E-state index contributed by atoms with van der Waals surface area (Å²) < 4.78 is 6.14. The van der Waals surface area contributed by atoms with Gasteiger partial charge in [0.05, 0.1) is 17.6 Å². The van der Waals surface area contributed by atoms with Crippen LogP contribution in [0.15, 0.2) is 0 Å². The first-order valence-electron chi connectivity index (χ1n) is 12.4. The highest BCUT2D eigenvalue weighted by Gasteiger charge is 2.47. The maximum absolute atomic E-state index is 12.7. The van der Waals surface area contributed by atoms with Crippen LogP contribution in [0.2, 0.25) is 0 Å². The number of halogens is 2. The van der Waals surface area contributed by atoms with E-state index in [0.717, 1.165) is 51.4 Å². The SMILES string of the molecule is CCCCCCCCCC(C#N)CCCCC(=O)C1OC2CCC1CC2C(Cl)CCl. The van der Waals surface area contributed by atoms with E-state index in [9.17, 15) is 10.1 Å². The Hall–Kier alpha value is -0.300. The summed E-state index contributed by atoms with van der Waals surface area (Å²) in [5, 5.41) is 9.35. The van der Waals surface area contributed by atoms with Gasteiger partial charge in [0, 0.05) is 24.1 Å².